The maximum absolute atomic E-state index is 13.9. The molecule has 2 atom stereocenters. The fourth-order valence-corrected chi connectivity index (χ4v) is 3.73. The number of rotatable bonds is 4. The second-order valence-corrected chi connectivity index (χ2v) is 7.75. The van der Waals surface area contributed by atoms with Gasteiger partial charge >= 0.3 is 0 Å². The van der Waals surface area contributed by atoms with E-state index in [4.69, 9.17) is 5.73 Å². The maximum atomic E-state index is 13.9. The molecule has 2 aromatic carbocycles. The Morgan fingerprint density at radius 3 is 2.43 bits per heavy atom. The number of aromatic nitrogens is 2. The second kappa shape index (κ2) is 7.54. The molecule has 4 rings (SSSR count). The number of imidazole rings is 1. The fourth-order valence-electron chi connectivity index (χ4n) is 3.73. The van der Waals surface area contributed by atoms with Crippen LogP contribution in [-0.2, 0) is 12.5 Å². The molecule has 0 saturated carbocycles. The molecule has 3 aromatic rings. The lowest BCUT2D eigenvalue weighted by atomic mass is 10.1. The average molecular weight is 424 g/mol. The summed E-state index contributed by atoms with van der Waals surface area (Å²) in [5.41, 5.74) is 7.02. The minimum Gasteiger partial charge on any atom is -0.340 e. The van der Waals surface area contributed by atoms with Crippen LogP contribution in [0.25, 0.3) is 11.0 Å². The summed E-state index contributed by atoms with van der Waals surface area (Å²) in [5, 5.41) is 0. The van der Waals surface area contributed by atoms with Gasteiger partial charge in [-0.3, -0.25) is 0 Å². The molecule has 0 aliphatic carbocycles. The van der Waals surface area contributed by atoms with Crippen LogP contribution in [0.15, 0.2) is 36.4 Å². The molecule has 0 spiro atoms. The van der Waals surface area contributed by atoms with Crippen molar-refractivity contribution in [2.45, 2.75) is 38.0 Å². The van der Waals surface area contributed by atoms with Gasteiger partial charge in [0.05, 0.1) is 23.6 Å². The number of nitrogens with zero attached hydrogens (tertiary/aromatic N) is 3. The Labute approximate surface area is 170 Å². The Hall–Kier alpha value is -2.68. The number of alkyl halides is 3. The van der Waals surface area contributed by atoms with Gasteiger partial charge in [-0.05, 0) is 12.0 Å². The summed E-state index contributed by atoms with van der Waals surface area (Å²) in [6.45, 7) is 1.57. The molecule has 9 heteroatoms. The highest BCUT2D eigenvalue weighted by Gasteiger charge is 2.30. The van der Waals surface area contributed by atoms with Gasteiger partial charge in [0.2, 0.25) is 5.95 Å². The summed E-state index contributed by atoms with van der Waals surface area (Å²) in [4.78, 5) is 6.22. The number of fused-ring (bicyclic) bond motifs is 1. The lowest BCUT2D eigenvalue weighted by Gasteiger charge is -2.34. The van der Waals surface area contributed by atoms with E-state index in [2.05, 4.69) is 4.98 Å². The third kappa shape index (κ3) is 3.86. The summed E-state index contributed by atoms with van der Waals surface area (Å²) in [6, 6.07) is 7.14. The van der Waals surface area contributed by atoms with Crippen LogP contribution >= 0.6 is 0 Å². The van der Waals surface area contributed by atoms with Crippen molar-refractivity contribution >= 4 is 17.0 Å². The molecule has 0 amide bonds. The number of anilines is 1. The van der Waals surface area contributed by atoms with Crippen molar-refractivity contribution in [3.63, 3.8) is 0 Å². The topological polar surface area (TPSA) is 47.1 Å². The molecule has 4 nitrogen and oxygen atoms in total. The zero-order valence-electron chi connectivity index (χ0n) is 16.3. The van der Waals surface area contributed by atoms with Crippen molar-refractivity contribution < 1.29 is 22.0 Å². The predicted octanol–water partition coefficient (Wildman–Crippen LogP) is 4.35. The third-order valence-electron chi connectivity index (χ3n) is 5.43. The summed E-state index contributed by atoms with van der Waals surface area (Å²) in [5.74, 6) is -4.59. The third-order valence-corrected chi connectivity index (χ3v) is 5.43. The van der Waals surface area contributed by atoms with Crippen LogP contribution in [0.2, 0.25) is 0 Å². The zero-order chi connectivity index (χ0) is 21.6. The molecule has 1 saturated heterocycles. The number of hydrogen-bond acceptors (Lipinski definition) is 3. The first kappa shape index (κ1) is 20.6. The monoisotopic (exact) mass is 424 g/mol. The second-order valence-electron chi connectivity index (χ2n) is 7.75. The van der Waals surface area contributed by atoms with Gasteiger partial charge in [0.25, 0.3) is 5.92 Å². The van der Waals surface area contributed by atoms with Gasteiger partial charge in [0.1, 0.15) is 6.17 Å². The Morgan fingerprint density at radius 2 is 1.80 bits per heavy atom. The summed E-state index contributed by atoms with van der Waals surface area (Å²) >= 11 is 0. The van der Waals surface area contributed by atoms with E-state index in [1.165, 1.54) is 12.1 Å². The van der Waals surface area contributed by atoms with Crippen LogP contribution in [0.5, 0.6) is 0 Å². The van der Waals surface area contributed by atoms with Gasteiger partial charge in [0.15, 0.2) is 11.6 Å². The molecule has 2 heterocycles. The van der Waals surface area contributed by atoms with Gasteiger partial charge in [-0.15, -0.1) is 0 Å². The maximum Gasteiger partial charge on any atom is 0.270 e. The van der Waals surface area contributed by atoms with Crippen molar-refractivity contribution in [1.29, 1.82) is 0 Å². The number of benzene rings is 2. The molecule has 160 valence electrons. The summed E-state index contributed by atoms with van der Waals surface area (Å²) in [6.07, 6.45) is -0.912. The molecular weight excluding hydrogens is 403 g/mol. The van der Waals surface area contributed by atoms with E-state index < -0.39 is 29.8 Å². The van der Waals surface area contributed by atoms with E-state index in [-0.39, 0.29) is 30.6 Å². The summed E-state index contributed by atoms with van der Waals surface area (Å²) < 4.78 is 70.1. The average Bonchev–Trinajstić information content (AvgIpc) is 3.01. The van der Waals surface area contributed by atoms with E-state index in [1.807, 2.05) is 0 Å². The SMILES string of the molecule is CC(F)(F)c1ccc(Cn2c(N3CC[C@@H](F)[C@H](N)C3)nc3cc(F)c(F)cc32)cc1. The van der Waals surface area contributed by atoms with Gasteiger partial charge < -0.3 is 15.2 Å². The lowest BCUT2D eigenvalue weighted by Crippen LogP contribution is -2.50. The molecule has 1 fully saturated rings. The molecule has 0 radical (unpaired) electrons. The Balaban J connectivity index is 1.75. The van der Waals surface area contributed by atoms with Gasteiger partial charge in [0, 0.05) is 37.7 Å². The van der Waals surface area contributed by atoms with E-state index in [1.54, 1.807) is 21.6 Å². The first-order chi connectivity index (χ1) is 14.1. The molecule has 0 bridgehead atoms. The van der Waals surface area contributed by atoms with E-state index in [0.717, 1.165) is 19.1 Å². The lowest BCUT2D eigenvalue weighted by molar-refractivity contribution is 0.0174. The summed E-state index contributed by atoms with van der Waals surface area (Å²) in [7, 11) is 0. The van der Waals surface area contributed by atoms with Crippen LogP contribution in [0.1, 0.15) is 24.5 Å². The first-order valence-corrected chi connectivity index (χ1v) is 9.60. The Kier molecular flexibility index (Phi) is 5.17. The van der Waals surface area contributed by atoms with Gasteiger partial charge in [-0.2, -0.15) is 0 Å². The largest absolute Gasteiger partial charge is 0.340 e. The van der Waals surface area contributed by atoms with Crippen molar-refractivity contribution in [2.24, 2.45) is 5.73 Å². The first-order valence-electron chi connectivity index (χ1n) is 9.60. The zero-order valence-corrected chi connectivity index (χ0v) is 16.3. The van der Waals surface area contributed by atoms with Crippen LogP contribution in [0, 0.1) is 11.6 Å². The molecular formula is C21H21F5N4. The van der Waals surface area contributed by atoms with Crippen LogP contribution in [0.3, 0.4) is 0 Å². The van der Waals surface area contributed by atoms with Crippen LogP contribution in [0.4, 0.5) is 27.9 Å². The van der Waals surface area contributed by atoms with Crippen LogP contribution in [-0.4, -0.2) is 34.9 Å². The van der Waals surface area contributed by atoms with E-state index >= 15 is 0 Å². The normalized spacial score (nSPS) is 20.2. The molecule has 1 aliphatic heterocycles. The number of hydrogen-bond donors (Lipinski definition) is 1. The van der Waals surface area contributed by atoms with Gasteiger partial charge in [-0.25, -0.2) is 26.9 Å². The number of halogens is 5. The molecule has 2 N–H and O–H groups in total. The Morgan fingerprint density at radius 1 is 1.13 bits per heavy atom. The molecule has 0 unspecified atom stereocenters. The standard InChI is InChI=1S/C21H21F5N4/c1-21(25,26)13-4-2-12(3-5-13)10-30-19-9-16(24)15(23)8-18(19)28-20(30)29-7-6-14(22)17(27)11-29/h2-5,8-9,14,17H,6-7,10-11,27H2,1H3/t14-,17-/m1/s1. The van der Waals surface area contributed by atoms with Crippen molar-refractivity contribution in [2.75, 3.05) is 18.0 Å². The highest BCUT2D eigenvalue weighted by atomic mass is 19.3. The minimum atomic E-state index is -2.96. The number of nitrogens with two attached hydrogens (primary N) is 1. The van der Waals surface area contributed by atoms with Gasteiger partial charge in [-0.1, -0.05) is 24.3 Å². The molecule has 1 aromatic heterocycles. The predicted molar refractivity (Wildman–Crippen MR) is 104 cm³/mol. The highest BCUT2D eigenvalue weighted by Crippen LogP contribution is 2.30. The minimum absolute atomic E-state index is 0.119. The quantitative estimate of drug-likeness (QED) is 0.634. The molecule has 1 aliphatic rings. The number of piperidine rings is 1. The van der Waals surface area contributed by atoms with Crippen LogP contribution < -0.4 is 10.6 Å². The van der Waals surface area contributed by atoms with Crippen molar-refractivity contribution in [1.82, 2.24) is 9.55 Å². The highest BCUT2D eigenvalue weighted by molar-refractivity contribution is 5.79. The van der Waals surface area contributed by atoms with E-state index in [9.17, 15) is 22.0 Å². The smallest absolute Gasteiger partial charge is 0.270 e. The molecule has 30 heavy (non-hydrogen) atoms. The fraction of sp³-hybridized carbons (Fsp3) is 0.381. The van der Waals surface area contributed by atoms with E-state index in [0.29, 0.717) is 23.6 Å². The van der Waals surface area contributed by atoms with Crippen molar-refractivity contribution in [3.8, 4) is 0 Å². The van der Waals surface area contributed by atoms with Crippen molar-refractivity contribution in [3.05, 3.63) is 59.2 Å². The Bertz CT molecular complexity index is 1060.